The number of rotatable bonds is 10. The van der Waals surface area contributed by atoms with E-state index in [1.807, 2.05) is 0 Å². The monoisotopic (exact) mass is 393 g/mol. The fourth-order valence-corrected chi connectivity index (χ4v) is 3.10. The van der Waals surface area contributed by atoms with Crippen molar-refractivity contribution in [3.8, 4) is 11.5 Å². The van der Waals surface area contributed by atoms with Crippen molar-refractivity contribution in [3.63, 3.8) is 0 Å². The maximum Gasteiger partial charge on any atom is 0.252 e. The number of methoxy groups -OCH3 is 1. The molecule has 1 N–H and O–H groups in total. The minimum absolute atomic E-state index is 0.150. The van der Waals surface area contributed by atoms with Gasteiger partial charge in [-0.2, -0.15) is 4.31 Å². The summed E-state index contributed by atoms with van der Waals surface area (Å²) < 4.78 is 35.8. The molecule has 0 saturated carbocycles. The van der Waals surface area contributed by atoms with Crippen LogP contribution in [0.3, 0.4) is 0 Å². The summed E-state index contributed by atoms with van der Waals surface area (Å²) in [5.74, 6) is 1.03. The molecule has 0 aliphatic rings. The number of carbonyl (C=O) groups is 1. The van der Waals surface area contributed by atoms with Crippen molar-refractivity contribution in [2.24, 2.45) is 0 Å². The van der Waals surface area contributed by atoms with Gasteiger partial charge in [0, 0.05) is 32.0 Å². The van der Waals surface area contributed by atoms with Gasteiger partial charge < -0.3 is 14.8 Å². The van der Waals surface area contributed by atoms with Crippen LogP contribution in [0.15, 0.2) is 48.8 Å². The highest BCUT2D eigenvalue weighted by Gasteiger charge is 2.17. The van der Waals surface area contributed by atoms with Crippen LogP contribution in [0.5, 0.6) is 11.5 Å². The van der Waals surface area contributed by atoms with E-state index in [0.29, 0.717) is 17.1 Å². The third-order valence-electron chi connectivity index (χ3n) is 3.71. The first-order valence-corrected chi connectivity index (χ1v) is 10.1. The highest BCUT2D eigenvalue weighted by atomic mass is 32.2. The molecule has 0 aliphatic heterocycles. The predicted molar refractivity (Wildman–Crippen MR) is 101 cm³/mol. The zero-order valence-electron chi connectivity index (χ0n) is 15.3. The van der Waals surface area contributed by atoms with E-state index >= 15 is 0 Å². The van der Waals surface area contributed by atoms with Crippen LogP contribution >= 0.6 is 0 Å². The SMILES string of the molecule is COc1ccc(OCCN(CCNC(=O)c2cccnc2)S(C)(=O)=O)cc1. The van der Waals surface area contributed by atoms with Gasteiger partial charge in [0.15, 0.2) is 0 Å². The second-order valence-electron chi connectivity index (χ2n) is 5.68. The Morgan fingerprint density at radius 1 is 1.15 bits per heavy atom. The maximum atomic E-state index is 12.0. The lowest BCUT2D eigenvalue weighted by atomic mass is 10.3. The van der Waals surface area contributed by atoms with Crippen LogP contribution in [0, 0.1) is 0 Å². The van der Waals surface area contributed by atoms with Crippen LogP contribution in [-0.4, -0.2) is 63.2 Å². The Morgan fingerprint density at radius 3 is 2.44 bits per heavy atom. The van der Waals surface area contributed by atoms with Gasteiger partial charge in [0.25, 0.3) is 5.91 Å². The minimum Gasteiger partial charge on any atom is -0.497 e. The molecule has 0 atom stereocenters. The summed E-state index contributed by atoms with van der Waals surface area (Å²) in [6, 6.07) is 10.3. The van der Waals surface area contributed by atoms with E-state index < -0.39 is 10.0 Å². The largest absolute Gasteiger partial charge is 0.497 e. The van der Waals surface area contributed by atoms with Gasteiger partial charge in [0.2, 0.25) is 10.0 Å². The van der Waals surface area contributed by atoms with E-state index in [2.05, 4.69) is 10.3 Å². The van der Waals surface area contributed by atoms with Gasteiger partial charge >= 0.3 is 0 Å². The number of benzene rings is 1. The molecule has 1 amide bonds. The number of carbonyl (C=O) groups excluding carboxylic acids is 1. The number of sulfonamides is 1. The molecular weight excluding hydrogens is 370 g/mol. The Bertz CT molecular complexity index is 826. The Labute approximate surface area is 159 Å². The van der Waals surface area contributed by atoms with Gasteiger partial charge in [-0.05, 0) is 36.4 Å². The molecule has 0 bridgehead atoms. The number of aromatic nitrogens is 1. The highest BCUT2D eigenvalue weighted by molar-refractivity contribution is 7.88. The van der Waals surface area contributed by atoms with Crippen LogP contribution in [0.25, 0.3) is 0 Å². The molecule has 0 radical (unpaired) electrons. The van der Waals surface area contributed by atoms with Crippen LogP contribution in [0.4, 0.5) is 0 Å². The van der Waals surface area contributed by atoms with Crippen LogP contribution in [-0.2, 0) is 10.0 Å². The van der Waals surface area contributed by atoms with Gasteiger partial charge in [-0.1, -0.05) is 0 Å². The number of nitrogens with one attached hydrogen (secondary N) is 1. The molecule has 8 nitrogen and oxygen atoms in total. The van der Waals surface area contributed by atoms with Crippen molar-refractivity contribution < 1.29 is 22.7 Å². The van der Waals surface area contributed by atoms with Crippen molar-refractivity contribution in [1.29, 1.82) is 0 Å². The Balaban J connectivity index is 1.81. The average molecular weight is 393 g/mol. The summed E-state index contributed by atoms with van der Waals surface area (Å²) in [6.07, 6.45) is 4.15. The molecule has 1 aromatic heterocycles. The molecule has 0 unspecified atom stereocenters. The molecule has 0 fully saturated rings. The standard InChI is InChI=1S/C18H23N3O5S/c1-25-16-5-7-17(8-6-16)26-13-12-21(27(2,23)24)11-10-20-18(22)15-4-3-9-19-14-15/h3-9,14H,10-13H2,1-2H3,(H,20,22). The summed E-state index contributed by atoms with van der Waals surface area (Å²) in [6.45, 7) is 0.698. The molecule has 27 heavy (non-hydrogen) atoms. The summed E-state index contributed by atoms with van der Waals surface area (Å²) in [5.41, 5.74) is 0.422. The number of ether oxygens (including phenoxy) is 2. The van der Waals surface area contributed by atoms with Gasteiger partial charge in [-0.15, -0.1) is 0 Å². The van der Waals surface area contributed by atoms with E-state index in [9.17, 15) is 13.2 Å². The van der Waals surface area contributed by atoms with E-state index in [0.717, 1.165) is 6.26 Å². The fourth-order valence-electron chi connectivity index (χ4n) is 2.27. The quantitative estimate of drug-likeness (QED) is 0.651. The topological polar surface area (TPSA) is 97.8 Å². The number of pyridine rings is 1. The van der Waals surface area contributed by atoms with E-state index in [4.69, 9.17) is 9.47 Å². The fraction of sp³-hybridized carbons (Fsp3) is 0.333. The van der Waals surface area contributed by atoms with Gasteiger partial charge in [0.05, 0.1) is 18.9 Å². The number of hydrogen-bond donors (Lipinski definition) is 1. The molecule has 0 spiro atoms. The Morgan fingerprint density at radius 2 is 1.85 bits per heavy atom. The van der Waals surface area contributed by atoms with E-state index in [1.165, 1.54) is 10.5 Å². The summed E-state index contributed by atoms with van der Waals surface area (Å²) in [4.78, 5) is 15.9. The molecular formula is C18H23N3O5S. The molecule has 0 aliphatic carbocycles. The van der Waals surface area contributed by atoms with Gasteiger partial charge in [-0.25, -0.2) is 8.42 Å². The highest BCUT2D eigenvalue weighted by Crippen LogP contribution is 2.16. The molecule has 0 saturated heterocycles. The number of nitrogens with zero attached hydrogens (tertiary/aromatic N) is 2. The third-order valence-corrected chi connectivity index (χ3v) is 5.01. The first-order valence-electron chi connectivity index (χ1n) is 8.30. The normalized spacial score (nSPS) is 11.2. The lowest BCUT2D eigenvalue weighted by Crippen LogP contribution is -2.40. The minimum atomic E-state index is -3.42. The van der Waals surface area contributed by atoms with Crippen LogP contribution in [0.2, 0.25) is 0 Å². The van der Waals surface area contributed by atoms with Crippen molar-refractivity contribution in [1.82, 2.24) is 14.6 Å². The van der Waals surface area contributed by atoms with Crippen molar-refractivity contribution in [3.05, 3.63) is 54.4 Å². The second-order valence-corrected chi connectivity index (χ2v) is 7.67. The van der Waals surface area contributed by atoms with E-state index in [1.54, 1.807) is 49.7 Å². The maximum absolute atomic E-state index is 12.0. The molecule has 9 heteroatoms. The number of hydrogen-bond acceptors (Lipinski definition) is 6. The van der Waals surface area contributed by atoms with Crippen LogP contribution < -0.4 is 14.8 Å². The van der Waals surface area contributed by atoms with E-state index in [-0.39, 0.29) is 32.1 Å². The summed E-state index contributed by atoms with van der Waals surface area (Å²) in [5, 5.41) is 2.68. The van der Waals surface area contributed by atoms with Crippen molar-refractivity contribution in [2.75, 3.05) is 39.6 Å². The zero-order chi connectivity index (χ0) is 19.7. The molecule has 2 aromatic rings. The van der Waals surface area contributed by atoms with Gasteiger partial charge in [-0.3, -0.25) is 9.78 Å². The number of amides is 1. The molecule has 146 valence electrons. The summed E-state index contributed by atoms with van der Waals surface area (Å²) in [7, 11) is -1.85. The predicted octanol–water partition coefficient (Wildman–Crippen LogP) is 1.16. The second kappa shape index (κ2) is 9.89. The average Bonchev–Trinajstić information content (AvgIpc) is 2.67. The Kier molecular flexibility index (Phi) is 7.56. The first-order chi connectivity index (χ1) is 12.9. The summed E-state index contributed by atoms with van der Waals surface area (Å²) >= 11 is 0. The smallest absolute Gasteiger partial charge is 0.252 e. The lowest BCUT2D eigenvalue weighted by molar-refractivity contribution is 0.0951. The van der Waals surface area contributed by atoms with Gasteiger partial charge in [0.1, 0.15) is 18.1 Å². The molecule has 1 aromatic carbocycles. The lowest BCUT2D eigenvalue weighted by Gasteiger charge is -2.20. The molecule has 2 rings (SSSR count). The van der Waals surface area contributed by atoms with Crippen LogP contribution in [0.1, 0.15) is 10.4 Å². The zero-order valence-corrected chi connectivity index (χ0v) is 16.1. The Hall–Kier alpha value is -2.65. The molecule has 1 heterocycles. The van der Waals surface area contributed by atoms with Crippen molar-refractivity contribution >= 4 is 15.9 Å². The third kappa shape index (κ3) is 6.87. The first kappa shape index (κ1) is 20.7. The van der Waals surface area contributed by atoms with Crippen molar-refractivity contribution in [2.45, 2.75) is 0 Å².